The van der Waals surface area contributed by atoms with Gasteiger partial charge in [-0.15, -0.1) is 6.58 Å². The first kappa shape index (κ1) is 10.2. The molecule has 0 saturated carbocycles. The van der Waals surface area contributed by atoms with E-state index in [4.69, 9.17) is 0 Å². The third-order valence-corrected chi connectivity index (χ3v) is 1.74. The fourth-order valence-electron chi connectivity index (χ4n) is 1.12. The molecular weight excluding hydrogens is 132 g/mol. The maximum absolute atomic E-state index is 3.93. The third-order valence-electron chi connectivity index (χ3n) is 1.74. The highest BCUT2D eigenvalue weighted by molar-refractivity contribution is 5.16. The number of hydrogen-bond acceptors (Lipinski definition) is 0. The van der Waals surface area contributed by atoms with Crippen molar-refractivity contribution in [3.63, 3.8) is 0 Å². The van der Waals surface area contributed by atoms with E-state index in [2.05, 4.69) is 19.7 Å². The zero-order valence-corrected chi connectivity index (χ0v) is 7.91. The first-order chi connectivity index (χ1) is 4.95. The Hall–Kier alpha value is -0.780. The molecule has 0 spiro atoms. The molecule has 0 unspecified atom stereocenters. The van der Waals surface area contributed by atoms with E-state index in [0.717, 1.165) is 6.42 Å². The molecular formula is C11H18. The van der Waals surface area contributed by atoms with Crippen LogP contribution in [0.15, 0.2) is 36.5 Å². The zero-order chi connectivity index (χ0) is 9.02. The van der Waals surface area contributed by atoms with Crippen molar-refractivity contribution in [3.05, 3.63) is 36.5 Å². The third kappa shape index (κ3) is 3.82. The summed E-state index contributed by atoms with van der Waals surface area (Å²) in [6.45, 7) is 17.9. The molecule has 0 heteroatoms. The lowest BCUT2D eigenvalue weighted by Gasteiger charge is -2.16. The number of hydrogen-bond donors (Lipinski definition) is 0. The highest BCUT2D eigenvalue weighted by atomic mass is 14.1. The van der Waals surface area contributed by atoms with Gasteiger partial charge in [0.2, 0.25) is 0 Å². The molecule has 0 aliphatic carbocycles. The molecule has 0 saturated heterocycles. The van der Waals surface area contributed by atoms with Crippen LogP contribution in [0.2, 0.25) is 0 Å². The van der Waals surface area contributed by atoms with Crippen LogP contribution in [0, 0.1) is 5.92 Å². The van der Waals surface area contributed by atoms with Crippen molar-refractivity contribution < 1.29 is 0 Å². The Morgan fingerprint density at radius 2 is 1.36 bits per heavy atom. The van der Waals surface area contributed by atoms with Crippen LogP contribution in [-0.2, 0) is 0 Å². The Morgan fingerprint density at radius 3 is 1.45 bits per heavy atom. The van der Waals surface area contributed by atoms with Crippen molar-refractivity contribution in [2.45, 2.75) is 27.2 Å². The smallest absolute Gasteiger partial charge is 0.00330 e. The van der Waals surface area contributed by atoms with Gasteiger partial charge in [0.1, 0.15) is 0 Å². The topological polar surface area (TPSA) is 0 Å². The summed E-state index contributed by atoms with van der Waals surface area (Å²) in [7, 11) is 0. The van der Waals surface area contributed by atoms with E-state index in [1.54, 1.807) is 0 Å². The standard InChI is InChI=1S/C11H18/c1-8(2)7-11(9(3)4)10(5)6/h11H,1,3,5,7H2,2,4,6H3. The lowest BCUT2D eigenvalue weighted by atomic mass is 9.89. The van der Waals surface area contributed by atoms with Gasteiger partial charge in [0.25, 0.3) is 0 Å². The highest BCUT2D eigenvalue weighted by Crippen LogP contribution is 2.23. The minimum absolute atomic E-state index is 0.424. The Bertz CT molecular complexity index is 170. The predicted octanol–water partition coefficient (Wildman–Crippen LogP) is 3.72. The Labute approximate surface area is 70.3 Å². The number of allylic oxidation sites excluding steroid dienone is 3. The summed E-state index contributed by atoms with van der Waals surface area (Å²) in [5.74, 6) is 0.424. The lowest BCUT2D eigenvalue weighted by Crippen LogP contribution is -2.02. The van der Waals surface area contributed by atoms with E-state index in [9.17, 15) is 0 Å². The minimum atomic E-state index is 0.424. The maximum atomic E-state index is 3.93. The van der Waals surface area contributed by atoms with Crippen molar-refractivity contribution >= 4 is 0 Å². The monoisotopic (exact) mass is 150 g/mol. The van der Waals surface area contributed by atoms with Crippen molar-refractivity contribution in [1.29, 1.82) is 0 Å². The average molecular weight is 150 g/mol. The van der Waals surface area contributed by atoms with Gasteiger partial charge >= 0.3 is 0 Å². The largest absolute Gasteiger partial charge is 0.100 e. The first-order valence-corrected chi connectivity index (χ1v) is 3.90. The molecule has 0 N–H and O–H groups in total. The summed E-state index contributed by atoms with van der Waals surface area (Å²) in [6, 6.07) is 0. The molecule has 0 atom stereocenters. The van der Waals surface area contributed by atoms with Gasteiger partial charge in [0.05, 0.1) is 0 Å². The van der Waals surface area contributed by atoms with E-state index < -0.39 is 0 Å². The fourth-order valence-corrected chi connectivity index (χ4v) is 1.12. The summed E-state index contributed by atoms with van der Waals surface area (Å²) in [5.41, 5.74) is 3.56. The number of rotatable bonds is 4. The molecule has 0 heterocycles. The van der Waals surface area contributed by atoms with Crippen LogP contribution in [0.25, 0.3) is 0 Å². The lowest BCUT2D eigenvalue weighted by molar-refractivity contribution is 0.708. The summed E-state index contributed by atoms with van der Waals surface area (Å²) in [5, 5.41) is 0. The van der Waals surface area contributed by atoms with Crippen molar-refractivity contribution in [2.75, 3.05) is 0 Å². The van der Waals surface area contributed by atoms with Crippen LogP contribution in [0.4, 0.5) is 0 Å². The molecule has 0 amide bonds. The first-order valence-electron chi connectivity index (χ1n) is 3.90. The van der Waals surface area contributed by atoms with Crippen LogP contribution in [0.3, 0.4) is 0 Å². The van der Waals surface area contributed by atoms with Gasteiger partial charge in [-0.3, -0.25) is 0 Å². The average Bonchev–Trinajstić information content (AvgIpc) is 1.81. The van der Waals surface area contributed by atoms with Gasteiger partial charge in [0.15, 0.2) is 0 Å². The molecule has 0 aliphatic rings. The molecule has 62 valence electrons. The van der Waals surface area contributed by atoms with Crippen LogP contribution in [-0.4, -0.2) is 0 Å². The molecule has 0 radical (unpaired) electrons. The van der Waals surface area contributed by atoms with Crippen LogP contribution < -0.4 is 0 Å². The SMILES string of the molecule is C=C(C)CC(C(=C)C)C(=C)C. The van der Waals surface area contributed by atoms with Gasteiger partial charge in [-0.25, -0.2) is 0 Å². The van der Waals surface area contributed by atoms with Gasteiger partial charge < -0.3 is 0 Å². The van der Waals surface area contributed by atoms with Crippen molar-refractivity contribution in [1.82, 2.24) is 0 Å². The summed E-state index contributed by atoms with van der Waals surface area (Å²) >= 11 is 0. The van der Waals surface area contributed by atoms with Gasteiger partial charge in [0, 0.05) is 5.92 Å². The molecule has 0 aromatic rings. The van der Waals surface area contributed by atoms with Gasteiger partial charge in [-0.1, -0.05) is 29.9 Å². The van der Waals surface area contributed by atoms with Crippen LogP contribution in [0.5, 0.6) is 0 Å². The van der Waals surface area contributed by atoms with E-state index in [1.807, 2.05) is 20.8 Å². The van der Waals surface area contributed by atoms with Gasteiger partial charge in [-0.05, 0) is 27.2 Å². The molecule has 0 nitrogen and oxygen atoms in total. The summed E-state index contributed by atoms with van der Waals surface area (Å²) < 4.78 is 0. The van der Waals surface area contributed by atoms with E-state index in [-0.39, 0.29) is 0 Å². The van der Waals surface area contributed by atoms with Crippen molar-refractivity contribution in [3.8, 4) is 0 Å². The van der Waals surface area contributed by atoms with Gasteiger partial charge in [-0.2, -0.15) is 0 Å². The van der Waals surface area contributed by atoms with E-state index in [1.165, 1.54) is 16.7 Å². The molecule has 0 rings (SSSR count). The zero-order valence-electron chi connectivity index (χ0n) is 7.91. The maximum Gasteiger partial charge on any atom is 0.00330 e. The minimum Gasteiger partial charge on any atom is -0.100 e. The Morgan fingerprint density at radius 1 is 1.00 bits per heavy atom. The highest BCUT2D eigenvalue weighted by Gasteiger charge is 2.09. The molecule has 0 aliphatic heterocycles. The van der Waals surface area contributed by atoms with Crippen LogP contribution >= 0.6 is 0 Å². The molecule has 0 fully saturated rings. The molecule has 11 heavy (non-hydrogen) atoms. The quantitative estimate of drug-likeness (QED) is 0.536. The fraction of sp³-hybridized carbons (Fsp3) is 0.455. The predicted molar refractivity (Wildman–Crippen MR) is 52.5 cm³/mol. The second kappa shape index (κ2) is 4.17. The Balaban J connectivity index is 4.23. The normalized spacial score (nSPS) is 9.82. The van der Waals surface area contributed by atoms with Crippen LogP contribution in [0.1, 0.15) is 27.2 Å². The van der Waals surface area contributed by atoms with E-state index >= 15 is 0 Å². The van der Waals surface area contributed by atoms with Crippen molar-refractivity contribution in [2.24, 2.45) is 5.92 Å². The molecule has 0 aromatic heterocycles. The molecule has 0 aromatic carbocycles. The molecule has 0 bridgehead atoms. The Kier molecular flexibility index (Phi) is 3.88. The second-order valence-electron chi connectivity index (χ2n) is 3.41. The van der Waals surface area contributed by atoms with E-state index in [0.29, 0.717) is 5.92 Å². The summed E-state index contributed by atoms with van der Waals surface area (Å²) in [6.07, 6.45) is 0.991. The second-order valence-corrected chi connectivity index (χ2v) is 3.41. The summed E-state index contributed by atoms with van der Waals surface area (Å²) in [4.78, 5) is 0.